The van der Waals surface area contributed by atoms with Gasteiger partial charge in [0.1, 0.15) is 4.64 Å². The molecule has 3 aromatic rings. The molecule has 0 atom stereocenters. The van der Waals surface area contributed by atoms with Gasteiger partial charge in [-0.05, 0) is 28.8 Å². The van der Waals surface area contributed by atoms with Gasteiger partial charge in [0.05, 0.1) is 0 Å². The molecule has 0 bridgehead atoms. The van der Waals surface area contributed by atoms with E-state index in [1.165, 1.54) is 12.3 Å². The van der Waals surface area contributed by atoms with E-state index in [9.17, 15) is 9.59 Å². The van der Waals surface area contributed by atoms with Gasteiger partial charge in [-0.25, -0.2) is 9.59 Å². The van der Waals surface area contributed by atoms with Crippen molar-refractivity contribution in [3.8, 4) is 0 Å². The predicted molar refractivity (Wildman–Crippen MR) is 108 cm³/mol. The van der Waals surface area contributed by atoms with Gasteiger partial charge in [0.2, 0.25) is 0 Å². The van der Waals surface area contributed by atoms with Crippen LogP contribution in [0.25, 0.3) is 5.57 Å². The number of hydrogen-bond acceptors (Lipinski definition) is 5. The summed E-state index contributed by atoms with van der Waals surface area (Å²) in [5, 5.41) is 0. The van der Waals surface area contributed by atoms with E-state index in [1.54, 1.807) is 18.2 Å². The smallest absolute Gasteiger partial charge is 0.370 e. The maximum Gasteiger partial charge on any atom is 0.370 e. The normalized spacial score (nSPS) is 10.0. The van der Waals surface area contributed by atoms with Gasteiger partial charge in [-0.3, -0.25) is 0 Å². The van der Waals surface area contributed by atoms with E-state index in [2.05, 4.69) is 0 Å². The molecular formula is C22H17NO4S. The number of benzene rings is 2. The lowest BCUT2D eigenvalue weighted by molar-refractivity contribution is -0.156. The molecule has 0 saturated heterocycles. The first kappa shape index (κ1) is 19.3. The summed E-state index contributed by atoms with van der Waals surface area (Å²) in [6, 6.07) is 24.0. The predicted octanol–water partition coefficient (Wildman–Crippen LogP) is 3.85. The van der Waals surface area contributed by atoms with Crippen molar-refractivity contribution in [1.29, 1.82) is 0 Å². The van der Waals surface area contributed by atoms with Crippen molar-refractivity contribution in [1.82, 2.24) is 4.73 Å². The van der Waals surface area contributed by atoms with Crippen LogP contribution < -0.4 is 4.84 Å². The van der Waals surface area contributed by atoms with Crippen molar-refractivity contribution < 1.29 is 19.2 Å². The number of ether oxygens (including phenoxy) is 1. The number of carbonyl (C=O) groups excluding carboxylic acids is 2. The van der Waals surface area contributed by atoms with Crippen molar-refractivity contribution in [3.05, 3.63) is 107 Å². The van der Waals surface area contributed by atoms with Gasteiger partial charge in [0, 0.05) is 12.3 Å². The monoisotopic (exact) mass is 391 g/mol. The molecule has 28 heavy (non-hydrogen) atoms. The minimum atomic E-state index is -0.731. The topological polar surface area (TPSA) is 57.5 Å². The lowest BCUT2D eigenvalue weighted by Gasteiger charge is -2.09. The van der Waals surface area contributed by atoms with Gasteiger partial charge >= 0.3 is 11.9 Å². The standard InChI is InChI=1S/C22H17NO4S/c24-21(26-16-22(25)27-23-14-8-7-13-20(23)28)15-19(17-9-3-1-4-10-17)18-11-5-2-6-12-18/h1-15H,16H2. The van der Waals surface area contributed by atoms with Crippen LogP contribution in [0, 0.1) is 4.64 Å². The van der Waals surface area contributed by atoms with E-state index >= 15 is 0 Å². The zero-order valence-corrected chi connectivity index (χ0v) is 15.7. The second-order valence-electron chi connectivity index (χ2n) is 5.73. The fourth-order valence-corrected chi connectivity index (χ4v) is 2.66. The molecule has 2 aromatic carbocycles. The molecule has 0 radical (unpaired) electrons. The first-order valence-electron chi connectivity index (χ1n) is 8.51. The van der Waals surface area contributed by atoms with Crippen LogP contribution in [0.5, 0.6) is 0 Å². The molecule has 0 aliphatic rings. The van der Waals surface area contributed by atoms with Crippen LogP contribution in [-0.4, -0.2) is 23.3 Å². The fraction of sp³-hybridized carbons (Fsp3) is 0.0455. The van der Waals surface area contributed by atoms with Crippen LogP contribution in [0.3, 0.4) is 0 Å². The van der Waals surface area contributed by atoms with Gasteiger partial charge in [-0.2, -0.15) is 4.73 Å². The van der Waals surface area contributed by atoms with E-state index in [0.29, 0.717) is 10.2 Å². The van der Waals surface area contributed by atoms with Gasteiger partial charge < -0.3 is 9.57 Å². The molecule has 1 heterocycles. The molecular weight excluding hydrogens is 374 g/mol. The van der Waals surface area contributed by atoms with E-state index in [4.69, 9.17) is 21.8 Å². The highest BCUT2D eigenvalue weighted by Crippen LogP contribution is 2.23. The SMILES string of the molecule is O=C(C=C(c1ccccc1)c1ccccc1)OCC(=O)On1ccccc1=S. The molecule has 0 saturated carbocycles. The summed E-state index contributed by atoms with van der Waals surface area (Å²) in [6.07, 6.45) is 2.87. The van der Waals surface area contributed by atoms with Crippen LogP contribution in [-0.2, 0) is 14.3 Å². The third kappa shape index (κ3) is 5.25. The Kier molecular flexibility index (Phi) is 6.49. The summed E-state index contributed by atoms with van der Waals surface area (Å²) in [6.45, 7) is -0.525. The Bertz CT molecular complexity index is 1000. The summed E-state index contributed by atoms with van der Waals surface area (Å²) >= 11 is 5.04. The van der Waals surface area contributed by atoms with Crippen molar-refractivity contribution in [2.24, 2.45) is 0 Å². The second kappa shape index (κ2) is 9.43. The molecule has 1 aromatic heterocycles. The maximum atomic E-state index is 12.3. The number of rotatable bonds is 6. The van der Waals surface area contributed by atoms with E-state index in [0.717, 1.165) is 15.9 Å². The van der Waals surface area contributed by atoms with Crippen molar-refractivity contribution in [2.45, 2.75) is 0 Å². The number of hydrogen-bond donors (Lipinski definition) is 0. The Hall–Kier alpha value is -3.51. The minimum Gasteiger partial charge on any atom is -0.450 e. The zero-order valence-electron chi connectivity index (χ0n) is 14.9. The number of esters is 1. The average Bonchev–Trinajstić information content (AvgIpc) is 2.73. The van der Waals surface area contributed by atoms with Crippen molar-refractivity contribution in [3.63, 3.8) is 0 Å². The molecule has 0 spiro atoms. The van der Waals surface area contributed by atoms with Crippen LogP contribution in [0.2, 0.25) is 0 Å². The Morgan fingerprint density at radius 3 is 2.00 bits per heavy atom. The van der Waals surface area contributed by atoms with Crippen molar-refractivity contribution >= 4 is 29.7 Å². The quantitative estimate of drug-likeness (QED) is 0.363. The largest absolute Gasteiger partial charge is 0.450 e. The molecule has 6 heteroatoms. The van der Waals surface area contributed by atoms with Crippen molar-refractivity contribution in [2.75, 3.05) is 6.61 Å². The molecule has 140 valence electrons. The Labute approximate surface area is 167 Å². The first-order chi connectivity index (χ1) is 13.6. The third-order valence-corrected chi connectivity index (χ3v) is 4.07. The number of aromatic nitrogens is 1. The van der Waals surface area contributed by atoms with Gasteiger partial charge in [-0.1, -0.05) is 78.9 Å². The molecule has 0 fully saturated rings. The second-order valence-corrected chi connectivity index (χ2v) is 6.14. The lowest BCUT2D eigenvalue weighted by Crippen LogP contribution is -2.25. The highest BCUT2D eigenvalue weighted by molar-refractivity contribution is 7.71. The summed E-state index contributed by atoms with van der Waals surface area (Å²) in [5.74, 6) is -1.37. The summed E-state index contributed by atoms with van der Waals surface area (Å²) in [4.78, 5) is 29.2. The van der Waals surface area contributed by atoms with Crippen LogP contribution in [0.15, 0.2) is 91.1 Å². The summed E-state index contributed by atoms with van der Waals surface area (Å²) in [7, 11) is 0. The van der Waals surface area contributed by atoms with E-state index in [1.807, 2.05) is 60.7 Å². The van der Waals surface area contributed by atoms with Crippen LogP contribution in [0.1, 0.15) is 11.1 Å². The fourth-order valence-electron chi connectivity index (χ4n) is 2.48. The van der Waals surface area contributed by atoms with Crippen LogP contribution >= 0.6 is 12.2 Å². The summed E-state index contributed by atoms with van der Waals surface area (Å²) in [5.41, 5.74) is 2.43. The van der Waals surface area contributed by atoms with Gasteiger partial charge in [0.25, 0.3) is 0 Å². The molecule has 0 unspecified atom stereocenters. The van der Waals surface area contributed by atoms with Gasteiger partial charge in [-0.15, -0.1) is 0 Å². The third-order valence-electron chi connectivity index (χ3n) is 3.75. The minimum absolute atomic E-state index is 0.331. The molecule has 0 amide bonds. The molecule has 0 aliphatic carbocycles. The Balaban J connectivity index is 1.71. The maximum absolute atomic E-state index is 12.3. The van der Waals surface area contributed by atoms with Gasteiger partial charge in [0.15, 0.2) is 6.61 Å². The Morgan fingerprint density at radius 1 is 0.857 bits per heavy atom. The molecule has 3 rings (SSSR count). The molecule has 0 aliphatic heterocycles. The highest BCUT2D eigenvalue weighted by Gasteiger charge is 2.11. The lowest BCUT2D eigenvalue weighted by atomic mass is 9.98. The highest BCUT2D eigenvalue weighted by atomic mass is 32.1. The average molecular weight is 391 g/mol. The first-order valence-corrected chi connectivity index (χ1v) is 8.92. The zero-order chi connectivity index (χ0) is 19.8. The number of nitrogens with zero attached hydrogens (tertiary/aromatic N) is 1. The summed E-state index contributed by atoms with van der Waals surface area (Å²) < 4.78 is 6.52. The van der Waals surface area contributed by atoms with E-state index < -0.39 is 18.5 Å². The Morgan fingerprint density at radius 2 is 1.43 bits per heavy atom. The van der Waals surface area contributed by atoms with Crippen LogP contribution in [0.4, 0.5) is 0 Å². The molecule has 0 N–H and O–H groups in total. The number of carbonyl (C=O) groups is 2. The number of pyridine rings is 1. The molecule has 5 nitrogen and oxygen atoms in total. The van der Waals surface area contributed by atoms with E-state index in [-0.39, 0.29) is 0 Å².